The summed E-state index contributed by atoms with van der Waals surface area (Å²) in [5.74, 6) is 0. The quantitative estimate of drug-likeness (QED) is 0.875. The van der Waals surface area contributed by atoms with Gasteiger partial charge in [-0.15, -0.1) is 0 Å². The highest BCUT2D eigenvalue weighted by atomic mass is 32.2. The summed E-state index contributed by atoms with van der Waals surface area (Å²) in [6.07, 6.45) is 1.75. The van der Waals surface area contributed by atoms with E-state index in [1.807, 2.05) is 13.0 Å². The maximum absolute atomic E-state index is 11.6. The molecule has 0 heterocycles. The van der Waals surface area contributed by atoms with Crippen molar-refractivity contribution in [1.82, 2.24) is 0 Å². The standard InChI is InChI=1S/C16H20O3S/c1-5-12-7-8-14-10(3)11(4)16(20(17,18)19)9-15(14)13(12)6-2/h7-9H,5-6H2,1-4H3,(H,17,18,19). The minimum Gasteiger partial charge on any atom is -0.282 e. The van der Waals surface area contributed by atoms with Crippen molar-refractivity contribution in [1.29, 1.82) is 0 Å². The molecule has 0 aromatic heterocycles. The summed E-state index contributed by atoms with van der Waals surface area (Å²) in [7, 11) is -4.19. The zero-order valence-electron chi connectivity index (χ0n) is 12.3. The van der Waals surface area contributed by atoms with Gasteiger partial charge >= 0.3 is 0 Å². The van der Waals surface area contributed by atoms with E-state index in [0.717, 1.165) is 34.7 Å². The van der Waals surface area contributed by atoms with Crippen LogP contribution in [0.1, 0.15) is 36.1 Å². The van der Waals surface area contributed by atoms with Crippen LogP contribution in [0.5, 0.6) is 0 Å². The molecule has 0 amide bonds. The van der Waals surface area contributed by atoms with Gasteiger partial charge in [0.05, 0.1) is 4.90 Å². The van der Waals surface area contributed by atoms with Crippen LogP contribution in [-0.4, -0.2) is 13.0 Å². The summed E-state index contributed by atoms with van der Waals surface area (Å²) in [5, 5.41) is 1.99. The third kappa shape index (κ3) is 2.34. The molecule has 0 fully saturated rings. The summed E-state index contributed by atoms with van der Waals surface area (Å²) in [6, 6.07) is 5.77. The van der Waals surface area contributed by atoms with Gasteiger partial charge in [0, 0.05) is 0 Å². The molecule has 0 aliphatic heterocycles. The van der Waals surface area contributed by atoms with Crippen molar-refractivity contribution in [2.75, 3.05) is 0 Å². The Balaban J connectivity index is 3.00. The minimum atomic E-state index is -4.19. The van der Waals surface area contributed by atoms with Crippen molar-refractivity contribution in [2.24, 2.45) is 0 Å². The van der Waals surface area contributed by atoms with Crippen molar-refractivity contribution in [2.45, 2.75) is 45.4 Å². The van der Waals surface area contributed by atoms with E-state index in [0.29, 0.717) is 5.56 Å². The number of hydrogen-bond acceptors (Lipinski definition) is 2. The Hall–Kier alpha value is -1.39. The van der Waals surface area contributed by atoms with Gasteiger partial charge < -0.3 is 0 Å². The van der Waals surface area contributed by atoms with Gasteiger partial charge in [-0.05, 0) is 65.8 Å². The summed E-state index contributed by atoms with van der Waals surface area (Å²) in [6.45, 7) is 7.79. The van der Waals surface area contributed by atoms with E-state index in [2.05, 4.69) is 19.9 Å². The highest BCUT2D eigenvalue weighted by molar-refractivity contribution is 7.85. The molecule has 4 heteroatoms. The van der Waals surface area contributed by atoms with Gasteiger partial charge in [0.25, 0.3) is 10.1 Å². The maximum atomic E-state index is 11.6. The van der Waals surface area contributed by atoms with Crippen molar-refractivity contribution >= 4 is 20.9 Å². The molecule has 2 aromatic carbocycles. The molecular weight excluding hydrogens is 272 g/mol. The molecule has 3 nitrogen and oxygen atoms in total. The molecule has 0 aliphatic rings. The molecule has 1 N–H and O–H groups in total. The second-order valence-electron chi connectivity index (χ2n) is 5.11. The molecule has 0 unspecified atom stereocenters. The van der Waals surface area contributed by atoms with Crippen LogP contribution in [0, 0.1) is 13.8 Å². The van der Waals surface area contributed by atoms with E-state index in [-0.39, 0.29) is 4.90 Å². The average molecular weight is 292 g/mol. The number of benzene rings is 2. The summed E-state index contributed by atoms with van der Waals surface area (Å²) in [5.41, 5.74) is 3.92. The maximum Gasteiger partial charge on any atom is 0.294 e. The first-order valence-electron chi connectivity index (χ1n) is 6.83. The zero-order chi connectivity index (χ0) is 15.1. The van der Waals surface area contributed by atoms with Gasteiger partial charge in [-0.1, -0.05) is 26.0 Å². The van der Waals surface area contributed by atoms with Crippen molar-refractivity contribution in [3.05, 3.63) is 40.5 Å². The first-order chi connectivity index (χ1) is 9.31. The lowest BCUT2D eigenvalue weighted by molar-refractivity contribution is 0.482. The normalized spacial score (nSPS) is 12.1. The first-order valence-corrected chi connectivity index (χ1v) is 8.27. The highest BCUT2D eigenvalue weighted by Crippen LogP contribution is 2.32. The second-order valence-corrected chi connectivity index (χ2v) is 6.50. The van der Waals surface area contributed by atoms with E-state index in [1.165, 1.54) is 5.56 Å². The average Bonchev–Trinajstić information content (AvgIpc) is 2.39. The third-order valence-corrected chi connectivity index (χ3v) is 5.06. The van der Waals surface area contributed by atoms with E-state index in [1.54, 1.807) is 13.0 Å². The number of aryl methyl sites for hydroxylation is 3. The van der Waals surface area contributed by atoms with Gasteiger partial charge in [0.15, 0.2) is 0 Å². The fourth-order valence-electron chi connectivity index (χ4n) is 2.84. The number of fused-ring (bicyclic) bond motifs is 1. The number of hydrogen-bond donors (Lipinski definition) is 1. The van der Waals surface area contributed by atoms with Crippen LogP contribution in [0.25, 0.3) is 10.8 Å². The molecule has 0 aliphatic carbocycles. The van der Waals surface area contributed by atoms with Crippen LogP contribution < -0.4 is 0 Å². The largest absolute Gasteiger partial charge is 0.294 e. The molecule has 20 heavy (non-hydrogen) atoms. The van der Waals surface area contributed by atoms with Gasteiger partial charge in [0.1, 0.15) is 0 Å². The SMILES string of the molecule is CCc1ccc2c(C)c(C)c(S(=O)(=O)O)cc2c1CC. The highest BCUT2D eigenvalue weighted by Gasteiger charge is 2.18. The van der Waals surface area contributed by atoms with Gasteiger partial charge in [-0.25, -0.2) is 0 Å². The lowest BCUT2D eigenvalue weighted by Crippen LogP contribution is -2.04. The van der Waals surface area contributed by atoms with Crippen LogP contribution in [-0.2, 0) is 23.0 Å². The molecular formula is C16H20O3S. The van der Waals surface area contributed by atoms with E-state index >= 15 is 0 Å². The van der Waals surface area contributed by atoms with Gasteiger partial charge in [-0.3, -0.25) is 4.55 Å². The monoisotopic (exact) mass is 292 g/mol. The zero-order valence-corrected chi connectivity index (χ0v) is 13.1. The van der Waals surface area contributed by atoms with E-state index in [4.69, 9.17) is 0 Å². The Labute approximate surface area is 120 Å². The predicted molar refractivity (Wildman–Crippen MR) is 82.0 cm³/mol. The van der Waals surface area contributed by atoms with Gasteiger partial charge in [0.2, 0.25) is 0 Å². The molecule has 2 aromatic rings. The Morgan fingerprint density at radius 3 is 2.15 bits per heavy atom. The molecule has 0 saturated carbocycles. The van der Waals surface area contributed by atoms with Crippen LogP contribution in [0.15, 0.2) is 23.1 Å². The molecule has 0 spiro atoms. The van der Waals surface area contributed by atoms with Gasteiger partial charge in [-0.2, -0.15) is 8.42 Å². The summed E-state index contributed by atoms with van der Waals surface area (Å²) < 4.78 is 32.5. The molecule has 108 valence electrons. The fourth-order valence-corrected chi connectivity index (χ4v) is 3.65. The Bertz CT molecular complexity index is 774. The molecule has 0 bridgehead atoms. The molecule has 0 atom stereocenters. The molecule has 0 radical (unpaired) electrons. The topological polar surface area (TPSA) is 54.4 Å². The lowest BCUT2D eigenvalue weighted by atomic mass is 9.92. The fraction of sp³-hybridized carbons (Fsp3) is 0.375. The van der Waals surface area contributed by atoms with Crippen LogP contribution in [0.2, 0.25) is 0 Å². The Morgan fingerprint density at radius 2 is 1.65 bits per heavy atom. The summed E-state index contributed by atoms with van der Waals surface area (Å²) >= 11 is 0. The minimum absolute atomic E-state index is 0.0189. The van der Waals surface area contributed by atoms with Crippen LogP contribution in [0.4, 0.5) is 0 Å². The smallest absolute Gasteiger partial charge is 0.282 e. The van der Waals surface area contributed by atoms with Crippen molar-refractivity contribution < 1.29 is 13.0 Å². The summed E-state index contributed by atoms with van der Waals surface area (Å²) in [4.78, 5) is 0.0189. The lowest BCUT2D eigenvalue weighted by Gasteiger charge is -2.15. The Kier molecular flexibility index (Phi) is 3.89. The van der Waals surface area contributed by atoms with Crippen molar-refractivity contribution in [3.8, 4) is 0 Å². The van der Waals surface area contributed by atoms with E-state index < -0.39 is 10.1 Å². The predicted octanol–water partition coefficient (Wildman–Crippen LogP) is 3.83. The van der Waals surface area contributed by atoms with E-state index in [9.17, 15) is 13.0 Å². The van der Waals surface area contributed by atoms with Crippen molar-refractivity contribution in [3.63, 3.8) is 0 Å². The Morgan fingerprint density at radius 1 is 1.00 bits per heavy atom. The van der Waals surface area contributed by atoms with Crippen LogP contribution >= 0.6 is 0 Å². The number of rotatable bonds is 3. The third-order valence-electron chi connectivity index (χ3n) is 4.08. The first kappa shape index (κ1) is 15.0. The second kappa shape index (κ2) is 5.19. The van der Waals surface area contributed by atoms with Crippen LogP contribution in [0.3, 0.4) is 0 Å². The molecule has 0 saturated heterocycles. The molecule has 2 rings (SSSR count).